The molecule has 1 heterocycles. The highest BCUT2D eigenvalue weighted by molar-refractivity contribution is 5.88. The summed E-state index contributed by atoms with van der Waals surface area (Å²) in [5.41, 5.74) is 0. The Morgan fingerprint density at radius 2 is 2.22 bits per heavy atom. The number of unbranched alkanes of at least 4 members (excludes halogenated alkanes) is 1. The molecule has 1 aliphatic heterocycles. The van der Waals surface area contributed by atoms with Gasteiger partial charge >= 0.3 is 0 Å². The molecule has 0 aromatic heterocycles. The van der Waals surface area contributed by atoms with Crippen molar-refractivity contribution in [2.45, 2.75) is 64.8 Å². The van der Waals surface area contributed by atoms with E-state index in [0.29, 0.717) is 0 Å². The standard InChI is InChI=1S/C14H26N2O2/c1-3-5-8-11(4-2)13(17)16-12-9-6-7-10-15-14(12)18/h11-12H,3-10H2,1-2H3,(H,15,18)(H,16,17)/t11-,12-/m0/s1. The molecule has 0 aromatic carbocycles. The van der Waals surface area contributed by atoms with Crippen LogP contribution in [-0.2, 0) is 9.59 Å². The molecule has 1 rings (SSSR count). The summed E-state index contributed by atoms with van der Waals surface area (Å²) in [5.74, 6) is 0.0835. The van der Waals surface area contributed by atoms with Gasteiger partial charge in [-0.2, -0.15) is 0 Å². The molecule has 0 spiro atoms. The maximum atomic E-state index is 12.1. The summed E-state index contributed by atoms with van der Waals surface area (Å²) in [6.07, 6.45) is 6.71. The summed E-state index contributed by atoms with van der Waals surface area (Å²) in [4.78, 5) is 23.9. The van der Waals surface area contributed by atoms with Crippen LogP contribution in [-0.4, -0.2) is 24.4 Å². The van der Waals surface area contributed by atoms with Crippen molar-refractivity contribution in [2.75, 3.05) is 6.54 Å². The molecule has 4 heteroatoms. The first-order valence-electron chi connectivity index (χ1n) is 7.27. The lowest BCUT2D eigenvalue weighted by Crippen LogP contribution is -2.47. The lowest BCUT2D eigenvalue weighted by Gasteiger charge is -2.20. The quantitative estimate of drug-likeness (QED) is 0.761. The Morgan fingerprint density at radius 3 is 2.89 bits per heavy atom. The van der Waals surface area contributed by atoms with Gasteiger partial charge in [-0.3, -0.25) is 9.59 Å². The molecule has 1 aliphatic rings. The van der Waals surface area contributed by atoms with Gasteiger partial charge in [-0.05, 0) is 32.1 Å². The molecule has 0 unspecified atom stereocenters. The van der Waals surface area contributed by atoms with Gasteiger partial charge in [-0.25, -0.2) is 0 Å². The molecule has 2 amide bonds. The van der Waals surface area contributed by atoms with Gasteiger partial charge in [-0.15, -0.1) is 0 Å². The van der Waals surface area contributed by atoms with Crippen molar-refractivity contribution in [3.05, 3.63) is 0 Å². The minimum Gasteiger partial charge on any atom is -0.354 e. The minimum atomic E-state index is -0.323. The minimum absolute atomic E-state index is 0.0220. The Kier molecular flexibility index (Phi) is 6.76. The van der Waals surface area contributed by atoms with Crippen molar-refractivity contribution in [3.63, 3.8) is 0 Å². The first-order chi connectivity index (χ1) is 8.69. The van der Waals surface area contributed by atoms with E-state index >= 15 is 0 Å². The van der Waals surface area contributed by atoms with E-state index in [0.717, 1.165) is 51.5 Å². The van der Waals surface area contributed by atoms with Gasteiger partial charge in [0.1, 0.15) is 6.04 Å². The highest BCUT2D eigenvalue weighted by atomic mass is 16.2. The van der Waals surface area contributed by atoms with E-state index in [1.807, 2.05) is 6.92 Å². The number of carbonyl (C=O) groups excluding carboxylic acids is 2. The average molecular weight is 254 g/mol. The SMILES string of the molecule is CCCC[C@H](CC)C(=O)N[C@H]1CCCCNC1=O. The summed E-state index contributed by atoms with van der Waals surface area (Å²) >= 11 is 0. The van der Waals surface area contributed by atoms with Gasteiger partial charge in [0.05, 0.1) is 0 Å². The first-order valence-corrected chi connectivity index (χ1v) is 7.27. The van der Waals surface area contributed by atoms with E-state index in [4.69, 9.17) is 0 Å². The fraction of sp³-hybridized carbons (Fsp3) is 0.857. The summed E-state index contributed by atoms with van der Waals surface area (Å²) in [7, 11) is 0. The van der Waals surface area contributed by atoms with Crippen LogP contribution in [0, 0.1) is 5.92 Å². The van der Waals surface area contributed by atoms with Crippen LogP contribution >= 0.6 is 0 Å². The first kappa shape index (κ1) is 15.0. The molecule has 2 N–H and O–H groups in total. The van der Waals surface area contributed by atoms with E-state index in [1.165, 1.54) is 0 Å². The van der Waals surface area contributed by atoms with Crippen molar-refractivity contribution >= 4 is 11.8 Å². The molecule has 18 heavy (non-hydrogen) atoms. The molecule has 104 valence electrons. The number of amides is 2. The van der Waals surface area contributed by atoms with Crippen LogP contribution < -0.4 is 10.6 Å². The van der Waals surface area contributed by atoms with Crippen LogP contribution in [0.5, 0.6) is 0 Å². The molecular weight excluding hydrogens is 228 g/mol. The molecule has 0 aromatic rings. The van der Waals surface area contributed by atoms with Gasteiger partial charge in [0.25, 0.3) is 0 Å². The second-order valence-electron chi connectivity index (χ2n) is 5.10. The predicted molar refractivity (Wildman–Crippen MR) is 72.1 cm³/mol. The lowest BCUT2D eigenvalue weighted by atomic mass is 9.97. The van der Waals surface area contributed by atoms with E-state index < -0.39 is 0 Å². The largest absolute Gasteiger partial charge is 0.354 e. The second kappa shape index (κ2) is 8.11. The highest BCUT2D eigenvalue weighted by Gasteiger charge is 2.25. The summed E-state index contributed by atoms with van der Waals surface area (Å²) in [5, 5.41) is 5.76. The maximum Gasteiger partial charge on any atom is 0.242 e. The third-order valence-electron chi connectivity index (χ3n) is 3.62. The Labute approximate surface area is 110 Å². The third-order valence-corrected chi connectivity index (χ3v) is 3.62. The van der Waals surface area contributed by atoms with Crippen LogP contribution in [0.25, 0.3) is 0 Å². The summed E-state index contributed by atoms with van der Waals surface area (Å²) < 4.78 is 0. The molecule has 0 radical (unpaired) electrons. The summed E-state index contributed by atoms with van der Waals surface area (Å²) in [6.45, 7) is 4.90. The van der Waals surface area contributed by atoms with Gasteiger partial charge in [0.15, 0.2) is 0 Å². The van der Waals surface area contributed by atoms with Gasteiger partial charge < -0.3 is 10.6 Å². The molecule has 4 nitrogen and oxygen atoms in total. The monoisotopic (exact) mass is 254 g/mol. The van der Waals surface area contributed by atoms with Gasteiger partial charge in [0.2, 0.25) is 11.8 Å². The fourth-order valence-electron chi connectivity index (χ4n) is 2.34. The Bertz CT molecular complexity index is 279. The molecule has 0 bridgehead atoms. The number of rotatable bonds is 6. The topological polar surface area (TPSA) is 58.2 Å². The molecule has 1 fully saturated rings. The van der Waals surface area contributed by atoms with Crippen LogP contribution in [0.3, 0.4) is 0 Å². The number of carbonyl (C=O) groups is 2. The van der Waals surface area contributed by atoms with Crippen molar-refractivity contribution in [2.24, 2.45) is 5.92 Å². The highest BCUT2D eigenvalue weighted by Crippen LogP contribution is 2.14. The summed E-state index contributed by atoms with van der Waals surface area (Å²) in [6, 6.07) is -0.323. The van der Waals surface area contributed by atoms with E-state index in [2.05, 4.69) is 17.6 Å². The molecule has 0 saturated carbocycles. The molecule has 2 atom stereocenters. The van der Waals surface area contributed by atoms with E-state index in [9.17, 15) is 9.59 Å². The van der Waals surface area contributed by atoms with Crippen molar-refractivity contribution in [3.8, 4) is 0 Å². The van der Waals surface area contributed by atoms with Gasteiger partial charge in [0, 0.05) is 12.5 Å². The lowest BCUT2D eigenvalue weighted by molar-refractivity contribution is -0.131. The predicted octanol–water partition coefficient (Wildman–Crippen LogP) is 1.99. The van der Waals surface area contributed by atoms with Crippen molar-refractivity contribution < 1.29 is 9.59 Å². The van der Waals surface area contributed by atoms with Crippen molar-refractivity contribution in [1.29, 1.82) is 0 Å². The average Bonchev–Trinajstić information content (AvgIpc) is 2.56. The number of hydrogen-bond acceptors (Lipinski definition) is 2. The Balaban J connectivity index is 2.47. The number of hydrogen-bond donors (Lipinski definition) is 2. The molecule has 1 saturated heterocycles. The molecule has 0 aliphatic carbocycles. The van der Waals surface area contributed by atoms with E-state index in [1.54, 1.807) is 0 Å². The van der Waals surface area contributed by atoms with E-state index in [-0.39, 0.29) is 23.8 Å². The zero-order chi connectivity index (χ0) is 13.4. The number of nitrogens with one attached hydrogen (secondary N) is 2. The second-order valence-corrected chi connectivity index (χ2v) is 5.10. The van der Waals surface area contributed by atoms with Crippen molar-refractivity contribution in [1.82, 2.24) is 10.6 Å². The van der Waals surface area contributed by atoms with Gasteiger partial charge in [-0.1, -0.05) is 26.7 Å². The third kappa shape index (κ3) is 4.67. The Hall–Kier alpha value is -1.06. The Morgan fingerprint density at radius 1 is 1.44 bits per heavy atom. The zero-order valence-corrected chi connectivity index (χ0v) is 11.6. The van der Waals surface area contributed by atoms with Crippen LogP contribution in [0.4, 0.5) is 0 Å². The molecular formula is C14H26N2O2. The normalized spacial score (nSPS) is 21.9. The smallest absolute Gasteiger partial charge is 0.242 e. The van der Waals surface area contributed by atoms with Crippen LogP contribution in [0.2, 0.25) is 0 Å². The fourth-order valence-corrected chi connectivity index (χ4v) is 2.34. The van der Waals surface area contributed by atoms with Crippen LogP contribution in [0.1, 0.15) is 58.8 Å². The van der Waals surface area contributed by atoms with Crippen LogP contribution in [0.15, 0.2) is 0 Å². The maximum absolute atomic E-state index is 12.1. The zero-order valence-electron chi connectivity index (χ0n) is 11.6.